The smallest absolute Gasteiger partial charge is 0.344 e. The SMILES string of the molecule is CCOC(=O)c1c(-c2cccc(OCc3ccccc3)c2)[nH]c2cc(OC)ccc2c1=O. The van der Waals surface area contributed by atoms with E-state index in [-0.39, 0.29) is 12.2 Å². The lowest BCUT2D eigenvalue weighted by molar-refractivity contribution is 0.0525. The summed E-state index contributed by atoms with van der Waals surface area (Å²) in [4.78, 5) is 29.2. The average molecular weight is 429 g/mol. The minimum Gasteiger partial charge on any atom is -0.497 e. The lowest BCUT2D eigenvalue weighted by atomic mass is 10.0. The molecule has 0 atom stereocenters. The first-order valence-electron chi connectivity index (χ1n) is 10.3. The minimum atomic E-state index is -0.669. The molecule has 0 saturated carbocycles. The largest absolute Gasteiger partial charge is 0.497 e. The zero-order valence-electron chi connectivity index (χ0n) is 17.9. The molecule has 1 aromatic heterocycles. The summed E-state index contributed by atoms with van der Waals surface area (Å²) in [5, 5.41) is 0.383. The molecule has 0 aliphatic carbocycles. The average Bonchev–Trinajstić information content (AvgIpc) is 2.83. The third-order valence-corrected chi connectivity index (χ3v) is 5.06. The highest BCUT2D eigenvalue weighted by Crippen LogP contribution is 2.28. The Morgan fingerprint density at radius 2 is 1.75 bits per heavy atom. The molecule has 0 aliphatic heterocycles. The van der Waals surface area contributed by atoms with Crippen molar-refractivity contribution >= 4 is 16.9 Å². The van der Waals surface area contributed by atoms with Crippen molar-refractivity contribution in [3.05, 3.63) is 94.1 Å². The first-order chi connectivity index (χ1) is 15.6. The third-order valence-electron chi connectivity index (χ3n) is 5.06. The van der Waals surface area contributed by atoms with Gasteiger partial charge < -0.3 is 19.2 Å². The molecule has 6 heteroatoms. The van der Waals surface area contributed by atoms with Gasteiger partial charge >= 0.3 is 5.97 Å². The highest BCUT2D eigenvalue weighted by Gasteiger charge is 2.22. The predicted molar refractivity (Wildman–Crippen MR) is 123 cm³/mol. The summed E-state index contributed by atoms with van der Waals surface area (Å²) >= 11 is 0. The van der Waals surface area contributed by atoms with Crippen molar-refractivity contribution in [2.45, 2.75) is 13.5 Å². The van der Waals surface area contributed by atoms with Crippen molar-refractivity contribution in [2.75, 3.05) is 13.7 Å². The van der Waals surface area contributed by atoms with E-state index in [1.165, 1.54) is 0 Å². The van der Waals surface area contributed by atoms with Crippen LogP contribution in [0.5, 0.6) is 11.5 Å². The van der Waals surface area contributed by atoms with Crippen LogP contribution in [0.15, 0.2) is 77.6 Å². The van der Waals surface area contributed by atoms with E-state index in [4.69, 9.17) is 14.2 Å². The molecule has 1 N–H and O–H groups in total. The number of aromatic amines is 1. The van der Waals surface area contributed by atoms with Gasteiger partial charge in [0.15, 0.2) is 0 Å². The van der Waals surface area contributed by atoms with E-state index in [1.807, 2.05) is 48.5 Å². The molecule has 162 valence electrons. The number of carbonyl (C=O) groups is 1. The van der Waals surface area contributed by atoms with Crippen LogP contribution in [0.2, 0.25) is 0 Å². The summed E-state index contributed by atoms with van der Waals surface area (Å²) in [7, 11) is 1.56. The highest BCUT2D eigenvalue weighted by molar-refractivity contribution is 6.00. The number of hydrogen-bond donors (Lipinski definition) is 1. The van der Waals surface area contributed by atoms with Crippen LogP contribution >= 0.6 is 0 Å². The first kappa shape index (κ1) is 21.2. The Morgan fingerprint density at radius 3 is 2.50 bits per heavy atom. The molecule has 4 rings (SSSR count). The summed E-state index contributed by atoms with van der Waals surface area (Å²) in [5.41, 5.74) is 2.18. The number of nitrogens with one attached hydrogen (secondary N) is 1. The molecule has 0 saturated heterocycles. The number of ether oxygens (including phenoxy) is 3. The number of rotatable bonds is 7. The molecule has 4 aromatic rings. The van der Waals surface area contributed by atoms with Crippen molar-refractivity contribution in [2.24, 2.45) is 0 Å². The maximum atomic E-state index is 13.2. The number of benzene rings is 3. The molecule has 0 fully saturated rings. The van der Waals surface area contributed by atoms with Crippen molar-refractivity contribution in [1.82, 2.24) is 4.98 Å². The van der Waals surface area contributed by atoms with Gasteiger partial charge in [-0.15, -0.1) is 0 Å². The number of H-pyrrole nitrogens is 1. The monoisotopic (exact) mass is 429 g/mol. The van der Waals surface area contributed by atoms with Gasteiger partial charge in [0.1, 0.15) is 23.7 Å². The molecule has 32 heavy (non-hydrogen) atoms. The molecule has 0 spiro atoms. The minimum absolute atomic E-state index is 0.0373. The lowest BCUT2D eigenvalue weighted by Crippen LogP contribution is -2.20. The van der Waals surface area contributed by atoms with E-state index in [9.17, 15) is 9.59 Å². The fourth-order valence-corrected chi connectivity index (χ4v) is 3.49. The number of esters is 1. The number of aromatic nitrogens is 1. The summed E-state index contributed by atoms with van der Waals surface area (Å²) in [6, 6.07) is 22.1. The van der Waals surface area contributed by atoms with Gasteiger partial charge in [-0.25, -0.2) is 4.79 Å². The molecule has 0 amide bonds. The van der Waals surface area contributed by atoms with Crippen LogP contribution in [-0.2, 0) is 11.3 Å². The molecule has 0 radical (unpaired) electrons. The van der Waals surface area contributed by atoms with Gasteiger partial charge in [0.2, 0.25) is 5.43 Å². The third kappa shape index (κ3) is 4.34. The standard InChI is InChI=1S/C26H23NO5/c1-3-31-26(29)23-24(27-22-15-19(30-2)12-13-21(22)25(23)28)18-10-7-11-20(14-18)32-16-17-8-5-4-6-9-17/h4-15H,3,16H2,1-2H3,(H,27,28). The normalized spacial score (nSPS) is 10.7. The quantitative estimate of drug-likeness (QED) is 0.420. The van der Waals surface area contributed by atoms with Crippen LogP contribution in [0, 0.1) is 0 Å². The topological polar surface area (TPSA) is 77.6 Å². The van der Waals surface area contributed by atoms with Crippen LogP contribution in [0.25, 0.3) is 22.2 Å². The van der Waals surface area contributed by atoms with Gasteiger partial charge in [-0.1, -0.05) is 42.5 Å². The molecular weight excluding hydrogens is 406 g/mol. The summed E-state index contributed by atoms with van der Waals surface area (Å²) in [5.74, 6) is 0.549. The molecule has 3 aromatic carbocycles. The van der Waals surface area contributed by atoms with E-state index < -0.39 is 11.4 Å². The lowest BCUT2D eigenvalue weighted by Gasteiger charge is -2.13. The van der Waals surface area contributed by atoms with Crippen LogP contribution in [0.3, 0.4) is 0 Å². The molecular formula is C26H23NO5. The van der Waals surface area contributed by atoms with Gasteiger partial charge in [0, 0.05) is 17.0 Å². The summed E-state index contributed by atoms with van der Waals surface area (Å²) < 4.78 is 16.4. The van der Waals surface area contributed by atoms with E-state index in [0.29, 0.717) is 40.3 Å². The second-order valence-electron chi connectivity index (χ2n) is 7.14. The number of hydrogen-bond acceptors (Lipinski definition) is 5. The Balaban J connectivity index is 1.80. The van der Waals surface area contributed by atoms with Crippen molar-refractivity contribution in [1.29, 1.82) is 0 Å². The Morgan fingerprint density at radius 1 is 0.938 bits per heavy atom. The maximum Gasteiger partial charge on any atom is 0.344 e. The number of fused-ring (bicyclic) bond motifs is 1. The van der Waals surface area contributed by atoms with Gasteiger partial charge in [0.25, 0.3) is 0 Å². The van der Waals surface area contributed by atoms with Gasteiger partial charge in [-0.05, 0) is 36.8 Å². The van der Waals surface area contributed by atoms with Crippen molar-refractivity contribution in [3.8, 4) is 22.8 Å². The van der Waals surface area contributed by atoms with E-state index in [1.54, 1.807) is 38.3 Å². The van der Waals surface area contributed by atoms with Crippen molar-refractivity contribution < 1.29 is 19.0 Å². The number of pyridine rings is 1. The first-order valence-corrected chi connectivity index (χ1v) is 10.3. The summed E-state index contributed by atoms with van der Waals surface area (Å²) in [6.07, 6.45) is 0. The van der Waals surface area contributed by atoms with Crippen LogP contribution < -0.4 is 14.9 Å². The zero-order valence-corrected chi connectivity index (χ0v) is 17.9. The van der Waals surface area contributed by atoms with Gasteiger partial charge in [-0.3, -0.25) is 4.79 Å². The van der Waals surface area contributed by atoms with E-state index in [2.05, 4.69) is 4.98 Å². The van der Waals surface area contributed by atoms with Gasteiger partial charge in [0.05, 0.1) is 24.9 Å². The Hall–Kier alpha value is -4.06. The zero-order chi connectivity index (χ0) is 22.5. The van der Waals surface area contributed by atoms with Crippen molar-refractivity contribution in [3.63, 3.8) is 0 Å². The van der Waals surface area contributed by atoms with E-state index in [0.717, 1.165) is 5.56 Å². The number of carbonyl (C=O) groups excluding carboxylic acids is 1. The Bertz CT molecular complexity index is 1310. The van der Waals surface area contributed by atoms with Crippen LogP contribution in [0.4, 0.5) is 0 Å². The summed E-state index contributed by atoms with van der Waals surface area (Å²) in [6.45, 7) is 2.27. The van der Waals surface area contributed by atoms with Crippen LogP contribution in [-0.4, -0.2) is 24.7 Å². The molecule has 1 heterocycles. The fraction of sp³-hybridized carbons (Fsp3) is 0.154. The second kappa shape index (κ2) is 9.39. The maximum absolute atomic E-state index is 13.2. The Kier molecular flexibility index (Phi) is 6.22. The fourth-order valence-electron chi connectivity index (χ4n) is 3.49. The molecule has 0 unspecified atom stereocenters. The molecule has 0 bridgehead atoms. The number of methoxy groups -OCH3 is 1. The second-order valence-corrected chi connectivity index (χ2v) is 7.14. The Labute approximate surface area is 185 Å². The van der Waals surface area contributed by atoms with Crippen LogP contribution in [0.1, 0.15) is 22.8 Å². The van der Waals surface area contributed by atoms with Gasteiger partial charge in [-0.2, -0.15) is 0 Å². The highest BCUT2D eigenvalue weighted by atomic mass is 16.5. The molecule has 0 aliphatic rings. The molecule has 6 nitrogen and oxygen atoms in total. The predicted octanol–water partition coefficient (Wildman–Crippen LogP) is 4.96. The van der Waals surface area contributed by atoms with E-state index >= 15 is 0 Å².